The van der Waals surface area contributed by atoms with Gasteiger partial charge in [0.2, 0.25) is 20.0 Å². The lowest BCUT2D eigenvalue weighted by atomic mass is 10.0. The fourth-order valence-corrected chi connectivity index (χ4v) is 7.00. The molecule has 13 heteroatoms. The molecule has 9 nitrogen and oxygen atoms in total. The maximum Gasteiger partial charge on any atom is 0.256 e. The molecule has 0 aliphatic carbocycles. The van der Waals surface area contributed by atoms with Gasteiger partial charge in [0.1, 0.15) is 0 Å². The molecule has 0 radical (unpaired) electrons. The maximum atomic E-state index is 13.1. The summed E-state index contributed by atoms with van der Waals surface area (Å²) in [6.45, 7) is 0. The summed E-state index contributed by atoms with van der Waals surface area (Å²) in [6, 6.07) is 25.4. The molecule has 0 bridgehead atoms. The maximum absolute atomic E-state index is 13.1. The molecule has 4 aromatic rings. The van der Waals surface area contributed by atoms with Crippen molar-refractivity contribution in [2.45, 2.75) is 26.0 Å². The number of nitrogens with one attached hydrogen (secondary N) is 1. The normalized spacial score (nSPS) is 11.7. The van der Waals surface area contributed by atoms with Crippen LogP contribution >= 0.6 is 21.6 Å². The molecule has 4 aromatic carbocycles. The van der Waals surface area contributed by atoms with E-state index in [1.54, 1.807) is 48.5 Å². The first kappa shape index (κ1) is 29.5. The average molecular weight is 614 g/mol. The van der Waals surface area contributed by atoms with E-state index in [-0.39, 0.29) is 27.9 Å². The van der Waals surface area contributed by atoms with Gasteiger partial charge in [-0.05, 0) is 60.2 Å². The predicted octanol–water partition coefficient (Wildman–Crippen LogP) is 4.46. The second-order valence-corrected chi connectivity index (χ2v) is 13.8. The first-order chi connectivity index (χ1) is 18.9. The van der Waals surface area contributed by atoms with E-state index in [9.17, 15) is 26.4 Å². The number of anilines is 1. The van der Waals surface area contributed by atoms with Gasteiger partial charge in [0.25, 0.3) is 5.91 Å². The topological polar surface area (TPSA) is 166 Å². The van der Waals surface area contributed by atoms with E-state index in [0.717, 1.165) is 0 Å². The van der Waals surface area contributed by atoms with Crippen molar-refractivity contribution in [3.63, 3.8) is 0 Å². The summed E-state index contributed by atoms with van der Waals surface area (Å²) in [5.41, 5.74) is 1.93. The number of carbonyl (C=O) groups excluding carboxylic acids is 2. The van der Waals surface area contributed by atoms with Gasteiger partial charge < -0.3 is 5.32 Å². The fraction of sp³-hybridized carbons (Fsp3) is 0.0370. The third-order valence-electron chi connectivity index (χ3n) is 5.60. The highest BCUT2D eigenvalue weighted by atomic mass is 33.1. The highest BCUT2D eigenvalue weighted by Gasteiger charge is 2.17. The van der Waals surface area contributed by atoms with Crippen LogP contribution in [-0.4, -0.2) is 28.5 Å². The van der Waals surface area contributed by atoms with Gasteiger partial charge in [0.05, 0.1) is 15.4 Å². The first-order valence-corrected chi connectivity index (χ1v) is 16.8. The van der Waals surface area contributed by atoms with Crippen molar-refractivity contribution in [2.24, 2.45) is 10.3 Å². The number of nitrogens with two attached hydrogens (primary N) is 2. The Morgan fingerprint density at radius 3 is 1.60 bits per heavy atom. The third-order valence-corrected chi connectivity index (χ3v) is 9.94. The van der Waals surface area contributed by atoms with Crippen molar-refractivity contribution in [2.75, 3.05) is 5.32 Å². The number of hydrogen-bond acceptors (Lipinski definition) is 8. The Morgan fingerprint density at radius 2 is 1.07 bits per heavy atom. The molecule has 1 amide bonds. The van der Waals surface area contributed by atoms with Crippen molar-refractivity contribution in [3.8, 4) is 0 Å². The Kier molecular flexibility index (Phi) is 9.13. The van der Waals surface area contributed by atoms with Gasteiger partial charge in [0, 0.05) is 27.5 Å². The van der Waals surface area contributed by atoms with Crippen LogP contribution in [0.15, 0.2) is 117 Å². The summed E-state index contributed by atoms with van der Waals surface area (Å²) < 4.78 is 45.9. The summed E-state index contributed by atoms with van der Waals surface area (Å²) in [6.07, 6.45) is 0.0659. The second kappa shape index (κ2) is 12.4. The van der Waals surface area contributed by atoms with Crippen LogP contribution in [0.3, 0.4) is 0 Å². The Balaban J connectivity index is 1.47. The van der Waals surface area contributed by atoms with Crippen LogP contribution in [0, 0.1) is 0 Å². The molecule has 0 aliphatic rings. The minimum atomic E-state index is -3.84. The van der Waals surface area contributed by atoms with E-state index >= 15 is 0 Å². The first-order valence-electron chi connectivity index (χ1n) is 11.5. The number of primary sulfonamides is 2. The van der Waals surface area contributed by atoms with Gasteiger partial charge in [0.15, 0.2) is 5.78 Å². The van der Waals surface area contributed by atoms with Gasteiger partial charge in [-0.1, -0.05) is 64.1 Å². The molecule has 0 atom stereocenters. The summed E-state index contributed by atoms with van der Waals surface area (Å²) in [5.74, 6) is -0.541. The lowest BCUT2D eigenvalue weighted by Crippen LogP contribution is -2.14. The van der Waals surface area contributed by atoms with E-state index in [4.69, 9.17) is 10.3 Å². The Morgan fingerprint density at radius 1 is 0.625 bits per heavy atom. The zero-order valence-corrected chi connectivity index (χ0v) is 23.9. The molecule has 4 rings (SSSR count). The molecule has 0 aromatic heterocycles. The molecule has 0 saturated carbocycles. The lowest BCUT2D eigenvalue weighted by molar-refractivity contribution is 0.0988. The van der Waals surface area contributed by atoms with Crippen molar-refractivity contribution in [3.05, 3.63) is 114 Å². The lowest BCUT2D eigenvalue weighted by Gasteiger charge is -2.11. The van der Waals surface area contributed by atoms with E-state index in [2.05, 4.69) is 5.32 Å². The second-order valence-electron chi connectivity index (χ2n) is 8.47. The Hall–Kier alpha value is -3.46. The number of carbonyl (C=O) groups is 2. The smallest absolute Gasteiger partial charge is 0.256 e. The predicted molar refractivity (Wildman–Crippen MR) is 156 cm³/mol. The molecular formula is C27H23N3O6S4. The van der Waals surface area contributed by atoms with Crippen LogP contribution < -0.4 is 15.6 Å². The summed E-state index contributed by atoms with van der Waals surface area (Å²) in [5, 5.41) is 13.0. The molecule has 0 aliphatic heterocycles. The molecule has 5 N–H and O–H groups in total. The van der Waals surface area contributed by atoms with Crippen LogP contribution in [0.25, 0.3) is 0 Å². The number of ketones is 1. The van der Waals surface area contributed by atoms with E-state index in [0.29, 0.717) is 32.2 Å². The van der Waals surface area contributed by atoms with Crippen LogP contribution in [-0.2, 0) is 26.5 Å². The SMILES string of the molecule is NS(=O)(=O)c1ccc(CC(=O)c2ccccc2SSc2ccccc2C(=O)Nc2ccc(S(N)(=O)=O)cc2)cc1. The van der Waals surface area contributed by atoms with Gasteiger partial charge in [-0.2, -0.15) is 0 Å². The van der Waals surface area contributed by atoms with E-state index in [1.807, 2.05) is 12.1 Å². The minimum absolute atomic E-state index is 0.0284. The van der Waals surface area contributed by atoms with Crippen molar-refractivity contribution >= 4 is 59.0 Å². The van der Waals surface area contributed by atoms with Crippen molar-refractivity contribution in [1.29, 1.82) is 0 Å². The number of sulfonamides is 2. The van der Waals surface area contributed by atoms with Crippen LogP contribution in [0.5, 0.6) is 0 Å². The number of benzene rings is 4. The van der Waals surface area contributed by atoms with Gasteiger partial charge in [-0.25, -0.2) is 27.1 Å². The largest absolute Gasteiger partial charge is 0.322 e. The van der Waals surface area contributed by atoms with Crippen molar-refractivity contribution in [1.82, 2.24) is 0 Å². The molecule has 0 unspecified atom stereocenters. The average Bonchev–Trinajstić information content (AvgIpc) is 2.92. The molecule has 0 spiro atoms. The van der Waals surface area contributed by atoms with E-state index in [1.165, 1.54) is 58.0 Å². The summed E-state index contributed by atoms with van der Waals surface area (Å²) in [4.78, 5) is 27.4. The number of amides is 1. The Labute approximate surface area is 239 Å². The van der Waals surface area contributed by atoms with Gasteiger partial charge >= 0.3 is 0 Å². The highest BCUT2D eigenvalue weighted by Crippen LogP contribution is 2.41. The quantitative estimate of drug-likeness (QED) is 0.174. The fourth-order valence-electron chi connectivity index (χ4n) is 3.59. The van der Waals surface area contributed by atoms with Crippen LogP contribution in [0.4, 0.5) is 5.69 Å². The molecule has 0 fully saturated rings. The standard InChI is InChI=1S/C27H23N3O6S4/c28-39(33,34)20-13-9-18(10-14-20)17-24(31)22-5-1-3-7-25(22)37-38-26-8-4-2-6-23(26)27(32)30-19-11-15-21(16-12-19)40(29,35)36/h1-16H,17H2,(H,30,32)(H2,28,33,34)(H2,29,35,36). The zero-order chi connectivity index (χ0) is 28.9. The summed E-state index contributed by atoms with van der Waals surface area (Å²) in [7, 11) is -5.02. The Bertz CT molecular complexity index is 1640. The number of rotatable bonds is 10. The third kappa shape index (κ3) is 7.59. The van der Waals surface area contributed by atoms with Gasteiger partial charge in [-0.3, -0.25) is 9.59 Å². The van der Waals surface area contributed by atoms with Crippen molar-refractivity contribution < 1.29 is 26.4 Å². The number of hydrogen-bond donors (Lipinski definition) is 3. The summed E-state index contributed by atoms with van der Waals surface area (Å²) >= 11 is 0. The highest BCUT2D eigenvalue weighted by molar-refractivity contribution is 8.76. The minimum Gasteiger partial charge on any atom is -0.322 e. The molecule has 0 saturated heterocycles. The molecule has 40 heavy (non-hydrogen) atoms. The van der Waals surface area contributed by atoms with Crippen LogP contribution in [0.2, 0.25) is 0 Å². The molecule has 206 valence electrons. The molecular weight excluding hydrogens is 591 g/mol. The monoisotopic (exact) mass is 613 g/mol. The van der Waals surface area contributed by atoms with Gasteiger partial charge in [-0.15, -0.1) is 0 Å². The van der Waals surface area contributed by atoms with E-state index < -0.39 is 20.0 Å². The molecule has 0 heterocycles. The number of Topliss-reactive ketones (excluding diaryl/α,β-unsaturated/α-hetero) is 1. The zero-order valence-electron chi connectivity index (χ0n) is 20.7. The van der Waals surface area contributed by atoms with Crippen LogP contribution in [0.1, 0.15) is 26.3 Å².